The van der Waals surface area contributed by atoms with E-state index in [0.717, 1.165) is 0 Å². The van der Waals surface area contributed by atoms with Gasteiger partial charge in [0.25, 0.3) is 0 Å². The summed E-state index contributed by atoms with van der Waals surface area (Å²) in [7, 11) is 0. The molecule has 0 heterocycles. The minimum absolute atomic E-state index is 0. The summed E-state index contributed by atoms with van der Waals surface area (Å²) in [6, 6.07) is 0. The summed E-state index contributed by atoms with van der Waals surface area (Å²) in [6.45, 7) is 0. The number of hydrogen-bond acceptors (Lipinski definition) is 0. The molecule has 0 spiro atoms. The van der Waals surface area contributed by atoms with Gasteiger partial charge in [-0.3, -0.25) is 0 Å². The maximum absolute atomic E-state index is 0. The second-order valence-corrected chi connectivity index (χ2v) is 0. The summed E-state index contributed by atoms with van der Waals surface area (Å²) in [5, 5.41) is 0. The molecular weight excluding hydrogens is 345 g/mol. The van der Waals surface area contributed by atoms with Crippen LogP contribution in [0.1, 0.15) is 25.7 Å². The summed E-state index contributed by atoms with van der Waals surface area (Å²) in [5.41, 5.74) is 0. The Balaban J connectivity index is 0. The molecule has 36 valence electrons. The van der Waals surface area contributed by atoms with Crippen LogP contribution >= 0.6 is 0 Å². The molecule has 0 nitrogen and oxygen atoms in total. The van der Waals surface area contributed by atoms with Crippen molar-refractivity contribution in [3.05, 3.63) is 0 Å². The van der Waals surface area contributed by atoms with Crippen LogP contribution in [-0.2, 0) is 0 Å². The molecule has 0 aliphatic carbocycles. The average molecular weight is 363 g/mol. The largest absolute Gasteiger partial charge is 2.00 e. The van der Waals surface area contributed by atoms with E-state index in [-0.39, 0.29) is 351 Å². The third-order valence-electron chi connectivity index (χ3n) is 0. The van der Waals surface area contributed by atoms with E-state index < -0.39 is 0 Å². The molecule has 0 unspecified atom stereocenters. The monoisotopic (exact) mass is 362 g/mol. The van der Waals surface area contributed by atoms with Crippen LogP contribution in [0.2, 0.25) is 0 Å². The van der Waals surface area contributed by atoms with Crippen molar-refractivity contribution < 1.29 is 25.7 Å². The minimum atomic E-state index is 0. The van der Waals surface area contributed by atoms with Crippen molar-refractivity contribution in [3.8, 4) is 0 Å². The van der Waals surface area contributed by atoms with Gasteiger partial charge in [-0.05, 0) is 0 Å². The second-order valence-electron chi connectivity index (χ2n) is 0. The minimum Gasteiger partial charge on any atom is -1.00 e. The standard InChI is InChI=1S/8Ca.Mg.18H/q9*+2;18*-1. The molecule has 9 heavy (non-hydrogen) atoms. The molecular formula is H18Ca8Mg. The molecule has 0 saturated carbocycles. The van der Waals surface area contributed by atoms with Crippen LogP contribution in [0.5, 0.6) is 0 Å². The number of rotatable bonds is 0. The van der Waals surface area contributed by atoms with Crippen LogP contribution in [0.3, 0.4) is 0 Å². The van der Waals surface area contributed by atoms with Crippen LogP contribution < -0.4 is 0 Å². The van der Waals surface area contributed by atoms with Gasteiger partial charge in [0.05, 0.1) is 0 Å². The molecule has 9 heteroatoms. The smallest absolute Gasteiger partial charge is 1.00 e. The first kappa shape index (κ1) is 59.9. The van der Waals surface area contributed by atoms with Gasteiger partial charge < -0.3 is 25.7 Å². The van der Waals surface area contributed by atoms with Gasteiger partial charge in [0.15, 0.2) is 0 Å². The predicted molar refractivity (Wildman–Crippen MR) is 71.8 cm³/mol. The van der Waals surface area contributed by atoms with Crippen molar-refractivity contribution in [2.75, 3.05) is 0 Å². The summed E-state index contributed by atoms with van der Waals surface area (Å²) in [4.78, 5) is 0. The maximum Gasteiger partial charge on any atom is 2.00 e. The zero-order valence-corrected chi connectivity index (χ0v) is 25.4. The Labute approximate surface area is 339 Å². The molecule has 0 aromatic heterocycles. The molecule has 0 N–H and O–H groups in total. The van der Waals surface area contributed by atoms with Gasteiger partial charge in [-0.25, -0.2) is 0 Å². The summed E-state index contributed by atoms with van der Waals surface area (Å²) in [5.74, 6) is 0. The first-order valence-electron chi connectivity index (χ1n) is 0. The van der Waals surface area contributed by atoms with E-state index in [1.165, 1.54) is 0 Å². The van der Waals surface area contributed by atoms with Crippen molar-refractivity contribution in [3.63, 3.8) is 0 Å². The Kier molecular flexibility index (Phi) is 340. The van der Waals surface area contributed by atoms with Crippen LogP contribution in [0, 0.1) is 0 Å². The molecule has 0 fully saturated rings. The van der Waals surface area contributed by atoms with Gasteiger partial charge >= 0.3 is 325 Å². The van der Waals surface area contributed by atoms with Gasteiger partial charge in [-0.1, -0.05) is 0 Å². The third kappa shape index (κ3) is 45.5. The van der Waals surface area contributed by atoms with Gasteiger partial charge in [0.2, 0.25) is 0 Å². The first-order valence-corrected chi connectivity index (χ1v) is 0. The first-order chi connectivity index (χ1) is 0. The second kappa shape index (κ2) is 51.0. The maximum atomic E-state index is 0. The van der Waals surface area contributed by atoms with Crippen LogP contribution in [-0.4, -0.2) is 325 Å². The fourth-order valence-electron chi connectivity index (χ4n) is 0. The fraction of sp³-hybridized carbons (Fsp3) is 0. The summed E-state index contributed by atoms with van der Waals surface area (Å²) >= 11 is 0. The molecule has 0 bridgehead atoms. The molecule has 0 amide bonds. The van der Waals surface area contributed by atoms with E-state index in [0.29, 0.717) is 0 Å². The van der Waals surface area contributed by atoms with E-state index in [4.69, 9.17) is 0 Å². The Morgan fingerprint density at radius 2 is 0.333 bits per heavy atom. The van der Waals surface area contributed by atoms with E-state index >= 15 is 0 Å². The third-order valence-corrected chi connectivity index (χ3v) is 0. The summed E-state index contributed by atoms with van der Waals surface area (Å²) in [6.07, 6.45) is 0. The molecule has 0 atom stereocenters. The van der Waals surface area contributed by atoms with E-state index in [1.54, 1.807) is 0 Å². The van der Waals surface area contributed by atoms with Crippen molar-refractivity contribution in [2.24, 2.45) is 0 Å². The Hall–Kier alpha value is 10.8. The van der Waals surface area contributed by atoms with Gasteiger partial charge in [0, 0.05) is 0 Å². The fourth-order valence-corrected chi connectivity index (χ4v) is 0. The van der Waals surface area contributed by atoms with Gasteiger partial charge in [-0.15, -0.1) is 0 Å². The van der Waals surface area contributed by atoms with Crippen molar-refractivity contribution >= 4 is 325 Å². The van der Waals surface area contributed by atoms with Crippen LogP contribution in [0.4, 0.5) is 0 Å². The zero-order valence-electron chi connectivity index (χ0n) is 24.4. The quantitative estimate of drug-likeness (QED) is 0.465. The van der Waals surface area contributed by atoms with Gasteiger partial charge in [0.1, 0.15) is 0 Å². The Morgan fingerprint density at radius 3 is 0.333 bits per heavy atom. The molecule has 0 radical (unpaired) electrons. The van der Waals surface area contributed by atoms with Crippen molar-refractivity contribution in [1.29, 1.82) is 0 Å². The average Bonchev–Trinajstić information content (AvgIpc) is 0. The molecule has 0 aliphatic heterocycles. The predicted octanol–water partition coefficient (Wildman–Crippen LogP) is -1.40. The Morgan fingerprint density at radius 1 is 0.333 bits per heavy atom. The van der Waals surface area contributed by atoms with Crippen molar-refractivity contribution in [2.45, 2.75) is 0 Å². The normalized spacial score (nSPS) is 0. The SMILES string of the molecule is [Ca+2].[Ca+2].[Ca+2].[Ca+2].[Ca+2].[Ca+2].[Ca+2].[Ca+2].[H-].[H-].[H-].[H-].[H-].[H-].[H-].[H-].[H-].[H-].[H-].[H-].[H-].[H-].[H-].[H-].[H-].[H-].[Mg+2]. The van der Waals surface area contributed by atoms with E-state index in [1.807, 2.05) is 0 Å². The van der Waals surface area contributed by atoms with Crippen LogP contribution in [0.15, 0.2) is 0 Å². The Bertz CT molecular complexity index is 29.3. The van der Waals surface area contributed by atoms with Crippen molar-refractivity contribution in [1.82, 2.24) is 0 Å². The molecule has 0 rings (SSSR count). The van der Waals surface area contributed by atoms with Gasteiger partial charge in [-0.2, -0.15) is 0 Å². The van der Waals surface area contributed by atoms with Crippen LogP contribution in [0.25, 0.3) is 0 Å². The van der Waals surface area contributed by atoms with E-state index in [9.17, 15) is 0 Å². The summed E-state index contributed by atoms with van der Waals surface area (Å²) < 4.78 is 0. The molecule has 0 aromatic carbocycles. The topological polar surface area (TPSA) is 0 Å². The zero-order chi connectivity index (χ0) is 0. The van der Waals surface area contributed by atoms with E-state index in [2.05, 4.69) is 0 Å². The molecule has 0 aliphatic rings. The molecule has 0 aromatic rings. The molecule has 0 saturated heterocycles. The number of hydrogen-bond donors (Lipinski definition) is 0.